The molecule has 1 aliphatic carbocycles. The van der Waals surface area contributed by atoms with E-state index in [4.69, 9.17) is 17.3 Å². The Labute approximate surface area is 83.9 Å². The van der Waals surface area contributed by atoms with Gasteiger partial charge in [-0.2, -0.15) is 0 Å². The smallest absolute Gasteiger partial charge is 0.0406 e. The van der Waals surface area contributed by atoms with Crippen molar-refractivity contribution in [3.8, 4) is 0 Å². The van der Waals surface area contributed by atoms with Crippen molar-refractivity contribution in [3.05, 3.63) is 34.9 Å². The van der Waals surface area contributed by atoms with E-state index in [1.807, 2.05) is 24.3 Å². The van der Waals surface area contributed by atoms with Crippen molar-refractivity contribution in [1.29, 1.82) is 0 Å². The molecule has 0 heterocycles. The van der Waals surface area contributed by atoms with Crippen molar-refractivity contribution in [2.24, 2.45) is 11.7 Å². The Balaban J connectivity index is 2.10. The van der Waals surface area contributed by atoms with Crippen LogP contribution >= 0.6 is 11.6 Å². The van der Waals surface area contributed by atoms with Gasteiger partial charge in [-0.1, -0.05) is 30.2 Å². The Kier molecular flexibility index (Phi) is 2.56. The van der Waals surface area contributed by atoms with Gasteiger partial charge in [0, 0.05) is 11.1 Å². The highest BCUT2D eigenvalue weighted by molar-refractivity contribution is 6.30. The minimum Gasteiger partial charge on any atom is -0.324 e. The molecule has 1 fully saturated rings. The molecule has 1 saturated carbocycles. The lowest BCUT2D eigenvalue weighted by atomic mass is 9.78. The minimum atomic E-state index is 0.214. The molecule has 70 valence electrons. The van der Waals surface area contributed by atoms with Crippen LogP contribution in [0.2, 0.25) is 5.02 Å². The van der Waals surface area contributed by atoms with E-state index in [9.17, 15) is 0 Å². The van der Waals surface area contributed by atoms with Crippen LogP contribution < -0.4 is 5.73 Å². The highest BCUT2D eigenvalue weighted by Crippen LogP contribution is 2.36. The summed E-state index contributed by atoms with van der Waals surface area (Å²) >= 11 is 5.80. The van der Waals surface area contributed by atoms with Crippen molar-refractivity contribution in [2.75, 3.05) is 0 Å². The molecular formula is C11H14ClN. The summed E-state index contributed by atoms with van der Waals surface area (Å²) in [6.45, 7) is 0. The van der Waals surface area contributed by atoms with Gasteiger partial charge in [-0.05, 0) is 36.5 Å². The van der Waals surface area contributed by atoms with Crippen LogP contribution in [-0.2, 0) is 0 Å². The molecule has 0 bridgehead atoms. The number of hydrogen-bond acceptors (Lipinski definition) is 1. The van der Waals surface area contributed by atoms with Gasteiger partial charge in [-0.25, -0.2) is 0 Å². The second-order valence-electron chi connectivity index (χ2n) is 3.77. The number of rotatable bonds is 2. The SMILES string of the molecule is N[C@H](c1ccc(Cl)cc1)C1CCC1. The molecule has 13 heavy (non-hydrogen) atoms. The Morgan fingerprint density at radius 3 is 2.31 bits per heavy atom. The molecule has 1 aliphatic rings. The van der Waals surface area contributed by atoms with Crippen LogP contribution in [-0.4, -0.2) is 0 Å². The summed E-state index contributed by atoms with van der Waals surface area (Å²) in [5, 5.41) is 0.782. The van der Waals surface area contributed by atoms with Gasteiger partial charge < -0.3 is 5.73 Å². The summed E-state index contributed by atoms with van der Waals surface area (Å²) in [5.74, 6) is 0.696. The Bertz CT molecular complexity index is 277. The van der Waals surface area contributed by atoms with Crippen molar-refractivity contribution in [1.82, 2.24) is 0 Å². The first-order valence-corrected chi connectivity index (χ1v) is 5.16. The summed E-state index contributed by atoms with van der Waals surface area (Å²) in [6, 6.07) is 8.10. The van der Waals surface area contributed by atoms with Crippen LogP contribution in [0.4, 0.5) is 0 Å². The van der Waals surface area contributed by atoms with Crippen LogP contribution in [0.1, 0.15) is 30.9 Å². The number of halogens is 1. The van der Waals surface area contributed by atoms with E-state index in [2.05, 4.69) is 0 Å². The first-order chi connectivity index (χ1) is 6.27. The highest BCUT2D eigenvalue weighted by Gasteiger charge is 2.25. The van der Waals surface area contributed by atoms with Gasteiger partial charge in [0.2, 0.25) is 0 Å². The molecule has 0 spiro atoms. The molecule has 0 aliphatic heterocycles. The number of hydrogen-bond donors (Lipinski definition) is 1. The molecule has 0 radical (unpaired) electrons. The van der Waals surface area contributed by atoms with Crippen LogP contribution in [0, 0.1) is 5.92 Å². The van der Waals surface area contributed by atoms with Crippen LogP contribution in [0.25, 0.3) is 0 Å². The van der Waals surface area contributed by atoms with Crippen LogP contribution in [0.5, 0.6) is 0 Å². The molecule has 0 unspecified atom stereocenters. The Hall–Kier alpha value is -0.530. The normalized spacial score (nSPS) is 19.5. The lowest BCUT2D eigenvalue weighted by Gasteiger charge is -2.31. The Morgan fingerprint density at radius 1 is 1.23 bits per heavy atom. The average molecular weight is 196 g/mol. The molecule has 0 aromatic heterocycles. The first-order valence-electron chi connectivity index (χ1n) is 4.78. The highest BCUT2D eigenvalue weighted by atomic mass is 35.5. The summed E-state index contributed by atoms with van der Waals surface area (Å²) in [7, 11) is 0. The largest absolute Gasteiger partial charge is 0.324 e. The molecule has 2 N–H and O–H groups in total. The minimum absolute atomic E-state index is 0.214. The third kappa shape index (κ3) is 1.87. The van der Waals surface area contributed by atoms with E-state index in [1.54, 1.807) is 0 Å². The predicted octanol–water partition coefficient (Wildman–Crippen LogP) is 3.14. The molecule has 0 amide bonds. The average Bonchev–Trinajstić information content (AvgIpc) is 2.02. The summed E-state index contributed by atoms with van der Waals surface area (Å²) in [5.41, 5.74) is 7.32. The maximum atomic E-state index is 6.11. The number of nitrogens with two attached hydrogens (primary N) is 1. The van der Waals surface area contributed by atoms with Gasteiger partial charge >= 0.3 is 0 Å². The first kappa shape index (κ1) is 9.04. The van der Waals surface area contributed by atoms with Crippen molar-refractivity contribution in [2.45, 2.75) is 25.3 Å². The third-order valence-corrected chi connectivity index (χ3v) is 3.16. The molecule has 2 rings (SSSR count). The van der Waals surface area contributed by atoms with Gasteiger partial charge in [-0.15, -0.1) is 0 Å². The van der Waals surface area contributed by atoms with Crippen molar-refractivity contribution in [3.63, 3.8) is 0 Å². The lowest BCUT2D eigenvalue weighted by Crippen LogP contribution is -2.26. The zero-order valence-electron chi connectivity index (χ0n) is 7.54. The fourth-order valence-electron chi connectivity index (χ4n) is 1.76. The molecule has 0 saturated heterocycles. The topological polar surface area (TPSA) is 26.0 Å². The summed E-state index contributed by atoms with van der Waals surface area (Å²) in [4.78, 5) is 0. The standard InChI is InChI=1S/C11H14ClN/c12-10-6-4-9(5-7-10)11(13)8-2-1-3-8/h4-8,11H,1-3,13H2/t11-/m0/s1. The second kappa shape index (κ2) is 3.69. The summed E-state index contributed by atoms with van der Waals surface area (Å²) in [6.07, 6.45) is 3.90. The quantitative estimate of drug-likeness (QED) is 0.771. The molecule has 1 aromatic rings. The monoisotopic (exact) mass is 195 g/mol. The van der Waals surface area contributed by atoms with Gasteiger partial charge in [0.05, 0.1) is 0 Å². The zero-order chi connectivity index (χ0) is 9.26. The van der Waals surface area contributed by atoms with E-state index in [1.165, 1.54) is 24.8 Å². The fraction of sp³-hybridized carbons (Fsp3) is 0.455. The molecule has 1 atom stereocenters. The maximum absolute atomic E-state index is 6.11. The van der Waals surface area contributed by atoms with Gasteiger partial charge in [0.1, 0.15) is 0 Å². The van der Waals surface area contributed by atoms with E-state index in [0.717, 1.165) is 5.02 Å². The van der Waals surface area contributed by atoms with Gasteiger partial charge in [0.25, 0.3) is 0 Å². The third-order valence-electron chi connectivity index (χ3n) is 2.91. The van der Waals surface area contributed by atoms with Crippen LogP contribution in [0.3, 0.4) is 0 Å². The molecule has 1 nitrogen and oxygen atoms in total. The maximum Gasteiger partial charge on any atom is 0.0406 e. The van der Waals surface area contributed by atoms with E-state index in [0.29, 0.717) is 5.92 Å². The zero-order valence-corrected chi connectivity index (χ0v) is 8.30. The molecule has 2 heteroatoms. The van der Waals surface area contributed by atoms with E-state index >= 15 is 0 Å². The van der Waals surface area contributed by atoms with Crippen molar-refractivity contribution >= 4 is 11.6 Å². The fourth-order valence-corrected chi connectivity index (χ4v) is 1.88. The molecule has 1 aromatic carbocycles. The second-order valence-corrected chi connectivity index (χ2v) is 4.20. The Morgan fingerprint density at radius 2 is 1.85 bits per heavy atom. The van der Waals surface area contributed by atoms with E-state index in [-0.39, 0.29) is 6.04 Å². The molecular weight excluding hydrogens is 182 g/mol. The van der Waals surface area contributed by atoms with Crippen LogP contribution in [0.15, 0.2) is 24.3 Å². The van der Waals surface area contributed by atoms with Crippen molar-refractivity contribution < 1.29 is 0 Å². The summed E-state index contributed by atoms with van der Waals surface area (Å²) < 4.78 is 0. The van der Waals surface area contributed by atoms with E-state index < -0.39 is 0 Å². The number of benzene rings is 1. The lowest BCUT2D eigenvalue weighted by molar-refractivity contribution is 0.264. The van der Waals surface area contributed by atoms with Gasteiger partial charge in [-0.3, -0.25) is 0 Å². The predicted molar refractivity (Wildman–Crippen MR) is 55.7 cm³/mol. The van der Waals surface area contributed by atoms with Gasteiger partial charge in [0.15, 0.2) is 0 Å².